The molecule has 3 amide bonds. The number of benzene rings is 1. The van der Waals surface area contributed by atoms with E-state index < -0.39 is 44.3 Å². The largest absolute Gasteiger partial charge is 0.444 e. The van der Waals surface area contributed by atoms with E-state index in [0.717, 1.165) is 38.5 Å². The average Bonchev–Trinajstić information content (AvgIpc) is 3.78. The number of ketones is 1. The van der Waals surface area contributed by atoms with Gasteiger partial charge >= 0.3 is 6.09 Å². The number of ether oxygens (including phenoxy) is 1. The Hall–Kier alpha value is -3.02. The minimum atomic E-state index is -3.88. The SMILES string of the molecule is C[C@H]1CCCCCCC[C@@H]2C[C@@]2(C(=O)NS(=O)(=O)C2(C)CC2)CC(=O)[C@@H]2C[C@@H](OC(=O)N3Cc4cccc(F)c4C3)CN2C1=O. The van der Waals surface area contributed by atoms with Crippen LogP contribution in [0.15, 0.2) is 18.2 Å². The molecule has 10 nitrogen and oxygen atoms in total. The fraction of sp³-hybridized carbons (Fsp3) is 0.697. The van der Waals surface area contributed by atoms with Crippen molar-refractivity contribution in [3.63, 3.8) is 0 Å². The van der Waals surface area contributed by atoms with Crippen LogP contribution in [0.4, 0.5) is 9.18 Å². The summed E-state index contributed by atoms with van der Waals surface area (Å²) in [4.78, 5) is 57.5. The molecule has 246 valence electrons. The van der Waals surface area contributed by atoms with Crippen molar-refractivity contribution in [3.05, 3.63) is 35.1 Å². The molecule has 3 aliphatic heterocycles. The number of carbonyl (C=O) groups excluding carboxylic acids is 4. The fourth-order valence-corrected chi connectivity index (χ4v) is 8.82. The second-order valence-corrected chi connectivity index (χ2v) is 16.5. The van der Waals surface area contributed by atoms with E-state index in [9.17, 15) is 32.0 Å². The van der Waals surface area contributed by atoms with E-state index in [-0.39, 0.29) is 61.8 Å². The quantitative estimate of drug-likeness (QED) is 0.507. The first kappa shape index (κ1) is 31.9. The maximum Gasteiger partial charge on any atom is 0.410 e. The Balaban J connectivity index is 1.20. The number of fused-ring (bicyclic) bond motifs is 3. The second kappa shape index (κ2) is 12.0. The van der Waals surface area contributed by atoms with Crippen LogP contribution in [0, 0.1) is 23.1 Å². The molecule has 4 fully saturated rings. The van der Waals surface area contributed by atoms with E-state index >= 15 is 0 Å². The third kappa shape index (κ3) is 6.23. The molecule has 2 saturated carbocycles. The van der Waals surface area contributed by atoms with Gasteiger partial charge in [0.2, 0.25) is 21.8 Å². The van der Waals surface area contributed by atoms with Crippen molar-refractivity contribution in [2.24, 2.45) is 17.3 Å². The van der Waals surface area contributed by atoms with Gasteiger partial charge in [-0.2, -0.15) is 0 Å². The lowest BCUT2D eigenvalue weighted by Gasteiger charge is -2.28. The summed E-state index contributed by atoms with van der Waals surface area (Å²) < 4.78 is 47.4. The van der Waals surface area contributed by atoms with Crippen molar-refractivity contribution < 1.29 is 36.7 Å². The van der Waals surface area contributed by atoms with Crippen LogP contribution in [0.1, 0.15) is 102 Å². The van der Waals surface area contributed by atoms with Crippen LogP contribution in [-0.2, 0) is 42.2 Å². The van der Waals surface area contributed by atoms with Gasteiger partial charge < -0.3 is 9.64 Å². The molecule has 0 spiro atoms. The lowest BCUT2D eigenvalue weighted by Crippen LogP contribution is -2.46. The molecule has 0 unspecified atom stereocenters. The summed E-state index contributed by atoms with van der Waals surface area (Å²) in [6, 6.07) is 3.83. The first-order valence-electron chi connectivity index (χ1n) is 16.5. The molecule has 12 heteroatoms. The molecule has 1 aromatic rings. The molecule has 5 aliphatic rings. The Morgan fingerprint density at radius 3 is 2.47 bits per heavy atom. The van der Waals surface area contributed by atoms with Gasteiger partial charge in [0.05, 0.1) is 29.3 Å². The molecule has 0 aromatic heterocycles. The van der Waals surface area contributed by atoms with Gasteiger partial charge in [0.1, 0.15) is 11.9 Å². The van der Waals surface area contributed by atoms with E-state index in [1.165, 1.54) is 15.9 Å². The maximum atomic E-state index is 14.3. The monoisotopic (exact) mass is 645 g/mol. The molecule has 2 aliphatic carbocycles. The smallest absolute Gasteiger partial charge is 0.410 e. The number of sulfonamides is 1. The van der Waals surface area contributed by atoms with Crippen LogP contribution < -0.4 is 4.72 Å². The van der Waals surface area contributed by atoms with Crippen molar-refractivity contribution in [3.8, 4) is 0 Å². The molecule has 1 aromatic carbocycles. The minimum Gasteiger partial charge on any atom is -0.444 e. The number of Topliss-reactive ketones (excluding diaryl/α,β-unsaturated/α-hetero) is 1. The van der Waals surface area contributed by atoms with Crippen LogP contribution >= 0.6 is 0 Å². The number of halogens is 1. The van der Waals surface area contributed by atoms with Crippen molar-refractivity contribution in [1.29, 1.82) is 0 Å². The molecular formula is C33H44FN3O7S. The zero-order valence-corrected chi connectivity index (χ0v) is 27.0. The van der Waals surface area contributed by atoms with E-state index in [1.54, 1.807) is 19.1 Å². The van der Waals surface area contributed by atoms with Gasteiger partial charge in [-0.05, 0) is 56.6 Å². The van der Waals surface area contributed by atoms with Crippen LogP contribution in [0.3, 0.4) is 0 Å². The van der Waals surface area contributed by atoms with E-state index in [0.29, 0.717) is 36.8 Å². The molecule has 45 heavy (non-hydrogen) atoms. The van der Waals surface area contributed by atoms with Crippen LogP contribution in [-0.4, -0.2) is 65.3 Å². The van der Waals surface area contributed by atoms with Crippen molar-refractivity contribution in [1.82, 2.24) is 14.5 Å². The maximum absolute atomic E-state index is 14.3. The summed E-state index contributed by atoms with van der Waals surface area (Å²) in [6.07, 6.45) is 6.12. The van der Waals surface area contributed by atoms with Gasteiger partial charge in [-0.1, -0.05) is 51.2 Å². The first-order valence-corrected chi connectivity index (χ1v) is 17.9. The molecule has 1 N–H and O–H groups in total. The fourth-order valence-electron chi connectivity index (χ4n) is 7.49. The Kier molecular flexibility index (Phi) is 8.50. The summed E-state index contributed by atoms with van der Waals surface area (Å²) in [5, 5.41) is 0. The predicted molar refractivity (Wildman–Crippen MR) is 162 cm³/mol. The van der Waals surface area contributed by atoms with E-state index in [1.807, 2.05) is 6.92 Å². The van der Waals surface area contributed by atoms with Gasteiger partial charge in [-0.25, -0.2) is 17.6 Å². The lowest BCUT2D eigenvalue weighted by molar-refractivity contribution is -0.141. The van der Waals surface area contributed by atoms with Crippen LogP contribution in [0.25, 0.3) is 0 Å². The van der Waals surface area contributed by atoms with Gasteiger partial charge in [-0.3, -0.25) is 24.0 Å². The van der Waals surface area contributed by atoms with E-state index in [4.69, 9.17) is 4.74 Å². The average molecular weight is 646 g/mol. The Morgan fingerprint density at radius 2 is 1.76 bits per heavy atom. The zero-order valence-electron chi connectivity index (χ0n) is 26.2. The topological polar surface area (TPSA) is 130 Å². The van der Waals surface area contributed by atoms with Crippen LogP contribution in [0.5, 0.6) is 0 Å². The van der Waals surface area contributed by atoms with Crippen molar-refractivity contribution >= 4 is 33.7 Å². The third-order valence-electron chi connectivity index (χ3n) is 11.0. The number of nitrogens with zero attached hydrogens (tertiary/aromatic N) is 2. The number of nitrogens with one attached hydrogen (secondary N) is 1. The molecule has 0 bridgehead atoms. The van der Waals surface area contributed by atoms with Gasteiger partial charge in [-0.15, -0.1) is 0 Å². The van der Waals surface area contributed by atoms with Gasteiger partial charge in [0.15, 0.2) is 5.78 Å². The second-order valence-electron chi connectivity index (χ2n) is 14.3. The third-order valence-corrected chi connectivity index (χ3v) is 13.1. The highest BCUT2D eigenvalue weighted by Crippen LogP contribution is 2.59. The molecule has 0 radical (unpaired) electrons. The predicted octanol–water partition coefficient (Wildman–Crippen LogP) is 4.59. The van der Waals surface area contributed by atoms with Crippen LogP contribution in [0.2, 0.25) is 0 Å². The normalized spacial score (nSPS) is 31.6. The number of carbonyl (C=O) groups is 4. The number of rotatable bonds is 4. The van der Waals surface area contributed by atoms with Crippen molar-refractivity contribution in [2.45, 2.75) is 121 Å². The Labute approximate surface area is 264 Å². The molecular weight excluding hydrogens is 601 g/mol. The molecule has 6 rings (SSSR count). The standard InChI is InChI=1S/C33H44FN3O7S/c1-21-9-6-4-3-5-7-11-23-16-33(23,30(40)35-45(42,43)32(2)13-14-32)17-28(38)27-15-24(19-37(27)29(21)39)44-31(41)36-18-22-10-8-12-26(34)25(22)20-36/h8,10,12,21,23-24,27H,3-7,9,11,13-20H2,1-2H3,(H,35,40)/t21-,23+,24+,27-,33+/m0/s1. The zero-order chi connectivity index (χ0) is 32.1. The number of hydrogen-bond acceptors (Lipinski definition) is 7. The van der Waals surface area contributed by atoms with Crippen molar-refractivity contribution in [2.75, 3.05) is 6.54 Å². The Morgan fingerprint density at radius 1 is 1.04 bits per heavy atom. The Bertz CT molecular complexity index is 1490. The summed E-state index contributed by atoms with van der Waals surface area (Å²) in [7, 11) is -3.88. The highest BCUT2D eigenvalue weighted by atomic mass is 32.2. The minimum absolute atomic E-state index is 0.0514. The lowest BCUT2D eigenvalue weighted by atomic mass is 9.90. The molecule has 5 atom stereocenters. The first-order chi connectivity index (χ1) is 21.3. The summed E-state index contributed by atoms with van der Waals surface area (Å²) >= 11 is 0. The molecule has 2 saturated heterocycles. The summed E-state index contributed by atoms with van der Waals surface area (Å²) in [6.45, 7) is 3.81. The highest BCUT2D eigenvalue weighted by Gasteiger charge is 2.63. The number of amides is 3. The van der Waals surface area contributed by atoms with Gasteiger partial charge in [0.25, 0.3) is 0 Å². The highest BCUT2D eigenvalue weighted by molar-refractivity contribution is 7.91. The number of hydrogen-bond donors (Lipinski definition) is 1. The molecule has 3 heterocycles. The van der Waals surface area contributed by atoms with E-state index in [2.05, 4.69) is 4.72 Å². The van der Waals surface area contributed by atoms with Gasteiger partial charge in [0, 0.05) is 30.9 Å². The summed E-state index contributed by atoms with van der Waals surface area (Å²) in [5.41, 5.74) is 0.0363. The summed E-state index contributed by atoms with van der Waals surface area (Å²) in [5.74, 6) is -1.93.